The molecule has 0 aliphatic carbocycles. The molecule has 9 heteroatoms. The molecule has 2 aromatic heterocycles. The van der Waals surface area contributed by atoms with Crippen LogP contribution in [0, 0.1) is 6.92 Å². The Morgan fingerprint density at radius 3 is 2.63 bits per heavy atom. The molecule has 3 amide bonds. The fourth-order valence-electron chi connectivity index (χ4n) is 2.77. The van der Waals surface area contributed by atoms with Gasteiger partial charge in [-0.1, -0.05) is 35.6 Å². The van der Waals surface area contributed by atoms with Crippen LogP contribution in [0.1, 0.15) is 17.7 Å². The Balaban J connectivity index is 1.27. The molecule has 2 heterocycles. The highest BCUT2D eigenvalue weighted by molar-refractivity contribution is 7.22. The molecule has 0 spiro atoms. The third-order valence-electron chi connectivity index (χ3n) is 4.20. The zero-order valence-corrected chi connectivity index (χ0v) is 17.8. The van der Waals surface area contributed by atoms with Crippen molar-refractivity contribution in [2.75, 3.05) is 16.0 Å². The van der Waals surface area contributed by atoms with Crippen molar-refractivity contribution >= 4 is 60.8 Å². The fourth-order valence-corrected chi connectivity index (χ4v) is 4.49. The van der Waals surface area contributed by atoms with E-state index in [9.17, 15) is 9.59 Å². The lowest BCUT2D eigenvalue weighted by Gasteiger charge is -2.04. The van der Waals surface area contributed by atoms with Crippen LogP contribution in [0.4, 0.5) is 20.7 Å². The van der Waals surface area contributed by atoms with Gasteiger partial charge in [0.15, 0.2) is 10.3 Å². The molecule has 2 aromatic carbocycles. The van der Waals surface area contributed by atoms with Crippen LogP contribution < -0.4 is 16.0 Å². The summed E-state index contributed by atoms with van der Waals surface area (Å²) in [6.45, 7) is 2.03. The minimum atomic E-state index is -0.356. The highest BCUT2D eigenvalue weighted by Crippen LogP contribution is 2.27. The van der Waals surface area contributed by atoms with Crippen molar-refractivity contribution in [1.82, 2.24) is 9.97 Å². The number of benzene rings is 2. The van der Waals surface area contributed by atoms with Gasteiger partial charge in [-0.25, -0.2) is 14.8 Å². The van der Waals surface area contributed by atoms with Gasteiger partial charge in [0, 0.05) is 17.5 Å². The first-order valence-electron chi connectivity index (χ1n) is 9.30. The maximum atomic E-state index is 12.3. The van der Waals surface area contributed by atoms with Crippen molar-refractivity contribution < 1.29 is 9.59 Å². The van der Waals surface area contributed by atoms with Gasteiger partial charge >= 0.3 is 6.03 Å². The Bertz CT molecular complexity index is 1190. The van der Waals surface area contributed by atoms with E-state index in [1.807, 2.05) is 42.6 Å². The van der Waals surface area contributed by atoms with E-state index in [2.05, 4.69) is 32.0 Å². The van der Waals surface area contributed by atoms with Gasteiger partial charge in [0.2, 0.25) is 5.91 Å². The molecule has 4 aromatic rings. The number of fused-ring (bicyclic) bond motifs is 1. The smallest absolute Gasteiger partial charge is 0.308 e. The number of thiazole rings is 2. The van der Waals surface area contributed by atoms with E-state index >= 15 is 0 Å². The molecule has 4 rings (SSSR count). The van der Waals surface area contributed by atoms with Crippen LogP contribution in [0.5, 0.6) is 0 Å². The van der Waals surface area contributed by atoms with E-state index in [1.165, 1.54) is 22.7 Å². The summed E-state index contributed by atoms with van der Waals surface area (Å²) >= 11 is 2.79. The summed E-state index contributed by atoms with van der Waals surface area (Å²) in [5.41, 5.74) is 3.50. The number of hydrogen-bond acceptors (Lipinski definition) is 6. The predicted molar refractivity (Wildman–Crippen MR) is 123 cm³/mol. The SMILES string of the molecule is Cc1ccc2nc(NC(=O)CCc3csc(NC(=O)Nc4ccccc4)n3)sc2c1. The van der Waals surface area contributed by atoms with Crippen molar-refractivity contribution in [1.29, 1.82) is 0 Å². The molecule has 3 N–H and O–H groups in total. The Kier molecular flexibility index (Phi) is 6.01. The number of aryl methyl sites for hydroxylation is 2. The zero-order chi connectivity index (χ0) is 20.9. The number of amides is 3. The first-order valence-corrected chi connectivity index (χ1v) is 11.0. The quantitative estimate of drug-likeness (QED) is 0.382. The molecule has 30 heavy (non-hydrogen) atoms. The number of hydrogen-bond donors (Lipinski definition) is 3. The Labute approximate surface area is 181 Å². The molecule has 0 atom stereocenters. The fraction of sp³-hybridized carbons (Fsp3) is 0.143. The number of nitrogens with zero attached hydrogens (tertiary/aromatic N) is 2. The minimum Gasteiger partial charge on any atom is -0.308 e. The summed E-state index contributed by atoms with van der Waals surface area (Å²) in [4.78, 5) is 33.1. The second kappa shape index (κ2) is 9.02. The number of rotatable bonds is 6. The Hall–Kier alpha value is -3.30. The molecular weight excluding hydrogens is 418 g/mol. The van der Waals surface area contributed by atoms with Gasteiger partial charge in [0.05, 0.1) is 15.9 Å². The maximum absolute atomic E-state index is 12.3. The molecule has 0 unspecified atom stereocenters. The van der Waals surface area contributed by atoms with Gasteiger partial charge in [0.1, 0.15) is 0 Å². The summed E-state index contributed by atoms with van der Waals surface area (Å²) < 4.78 is 1.05. The Morgan fingerprint density at radius 1 is 0.967 bits per heavy atom. The lowest BCUT2D eigenvalue weighted by Crippen LogP contribution is -2.19. The molecule has 152 valence electrons. The lowest BCUT2D eigenvalue weighted by atomic mass is 10.2. The largest absolute Gasteiger partial charge is 0.325 e. The summed E-state index contributed by atoms with van der Waals surface area (Å²) in [6.07, 6.45) is 0.767. The molecule has 0 aliphatic rings. The molecule has 0 saturated heterocycles. The van der Waals surface area contributed by atoms with Crippen LogP contribution in [0.2, 0.25) is 0 Å². The van der Waals surface area contributed by atoms with Gasteiger partial charge < -0.3 is 10.6 Å². The van der Waals surface area contributed by atoms with Crippen molar-refractivity contribution in [2.24, 2.45) is 0 Å². The van der Waals surface area contributed by atoms with Crippen LogP contribution in [0.25, 0.3) is 10.2 Å². The number of urea groups is 1. The van der Waals surface area contributed by atoms with E-state index in [4.69, 9.17) is 0 Å². The zero-order valence-electron chi connectivity index (χ0n) is 16.1. The van der Waals surface area contributed by atoms with Gasteiger partial charge in [-0.3, -0.25) is 10.1 Å². The van der Waals surface area contributed by atoms with Crippen molar-refractivity contribution in [2.45, 2.75) is 19.8 Å². The van der Waals surface area contributed by atoms with E-state index < -0.39 is 0 Å². The number of anilines is 3. The highest BCUT2D eigenvalue weighted by Gasteiger charge is 2.11. The van der Waals surface area contributed by atoms with Gasteiger partial charge in [-0.05, 0) is 43.2 Å². The summed E-state index contributed by atoms with van der Waals surface area (Å²) in [7, 11) is 0. The number of para-hydroxylation sites is 1. The number of nitrogens with one attached hydrogen (secondary N) is 3. The van der Waals surface area contributed by atoms with Crippen LogP contribution in [-0.4, -0.2) is 21.9 Å². The first-order chi connectivity index (χ1) is 14.5. The minimum absolute atomic E-state index is 0.116. The van der Waals surface area contributed by atoms with E-state index in [1.54, 1.807) is 12.1 Å². The molecule has 0 aliphatic heterocycles. The molecule has 0 fully saturated rings. The maximum Gasteiger partial charge on any atom is 0.325 e. The van der Waals surface area contributed by atoms with E-state index in [-0.39, 0.29) is 18.4 Å². The number of carbonyl (C=O) groups excluding carboxylic acids is 2. The van der Waals surface area contributed by atoms with Crippen molar-refractivity contribution in [3.63, 3.8) is 0 Å². The second-order valence-electron chi connectivity index (χ2n) is 6.63. The van der Waals surface area contributed by atoms with Crippen LogP contribution >= 0.6 is 22.7 Å². The topological polar surface area (TPSA) is 96.0 Å². The third kappa shape index (κ3) is 5.19. The van der Waals surface area contributed by atoms with Gasteiger partial charge in [0.25, 0.3) is 0 Å². The predicted octanol–water partition coefficient (Wildman–Crippen LogP) is 5.28. The van der Waals surface area contributed by atoms with Crippen molar-refractivity contribution in [3.05, 3.63) is 65.2 Å². The second-order valence-corrected chi connectivity index (χ2v) is 8.52. The van der Waals surface area contributed by atoms with E-state index in [0.717, 1.165) is 21.5 Å². The van der Waals surface area contributed by atoms with Crippen LogP contribution in [-0.2, 0) is 11.2 Å². The molecular formula is C21H19N5O2S2. The normalized spacial score (nSPS) is 10.7. The Morgan fingerprint density at radius 2 is 1.80 bits per heavy atom. The number of carbonyl (C=O) groups is 2. The number of aromatic nitrogens is 2. The summed E-state index contributed by atoms with van der Waals surface area (Å²) in [6, 6.07) is 14.8. The molecule has 0 bridgehead atoms. The third-order valence-corrected chi connectivity index (χ3v) is 5.94. The lowest BCUT2D eigenvalue weighted by molar-refractivity contribution is -0.116. The molecule has 0 saturated carbocycles. The average Bonchev–Trinajstić information content (AvgIpc) is 3.32. The van der Waals surface area contributed by atoms with Crippen molar-refractivity contribution in [3.8, 4) is 0 Å². The monoisotopic (exact) mass is 437 g/mol. The van der Waals surface area contributed by atoms with Gasteiger partial charge in [-0.2, -0.15) is 0 Å². The molecule has 0 radical (unpaired) electrons. The standard InChI is InChI=1S/C21H19N5O2S2/c1-13-7-9-16-17(11-13)30-21(24-16)25-18(27)10-8-15-12-29-20(23-15)26-19(28)22-14-5-3-2-4-6-14/h2-7,9,11-12H,8,10H2,1H3,(H,24,25,27)(H2,22,23,26,28). The molecule has 7 nitrogen and oxygen atoms in total. The van der Waals surface area contributed by atoms with Gasteiger partial charge in [-0.15, -0.1) is 11.3 Å². The van der Waals surface area contributed by atoms with E-state index in [0.29, 0.717) is 22.4 Å². The van der Waals surface area contributed by atoms with Crippen LogP contribution in [0.15, 0.2) is 53.9 Å². The van der Waals surface area contributed by atoms with Crippen LogP contribution in [0.3, 0.4) is 0 Å². The highest BCUT2D eigenvalue weighted by atomic mass is 32.1. The average molecular weight is 438 g/mol. The summed E-state index contributed by atoms with van der Waals surface area (Å²) in [5, 5.41) is 11.2. The summed E-state index contributed by atoms with van der Waals surface area (Å²) in [5.74, 6) is -0.116. The first kappa shape index (κ1) is 20.0.